The van der Waals surface area contributed by atoms with Crippen molar-refractivity contribution < 1.29 is 20.5 Å². The average Bonchev–Trinajstić information content (AvgIpc) is 2.48. The molecule has 0 aromatic rings. The van der Waals surface area contributed by atoms with Gasteiger partial charge in [0.15, 0.2) is 0 Å². The monoisotopic (exact) mass is 343 g/mol. The Hall–Kier alpha value is -0.940. The van der Waals surface area contributed by atoms with Crippen molar-refractivity contribution in [3.8, 4) is 0 Å². The van der Waals surface area contributed by atoms with Gasteiger partial charge in [-0.1, -0.05) is 20.3 Å². The van der Waals surface area contributed by atoms with E-state index in [0.29, 0.717) is 36.9 Å². The van der Waals surface area contributed by atoms with Crippen molar-refractivity contribution in [1.82, 2.24) is 0 Å². The molecule has 2 saturated carbocycles. The van der Waals surface area contributed by atoms with Gasteiger partial charge in [0.25, 0.3) is 0 Å². The maximum atomic E-state index is 11.1. The fraction of sp³-hybridized carbons (Fsp3) is 0.895. The standard InChI is InChI=1S/C11H21NO3.C8H14O.H2/c1-2-14-9-3-5-10(6-4-9)15-8-7-11(12)13;1-6(2)8(9)7-4-3-5-7;/h9-10H,2-8H2,1H3,(H2,12,13);6-7H,3-5H2,1-2H3;1H. The fourth-order valence-electron chi connectivity index (χ4n) is 3.09. The van der Waals surface area contributed by atoms with Crippen LogP contribution in [0.4, 0.5) is 0 Å². The Balaban J connectivity index is 0.000000495. The summed E-state index contributed by atoms with van der Waals surface area (Å²) in [4.78, 5) is 21.6. The van der Waals surface area contributed by atoms with Crippen LogP contribution in [0.2, 0.25) is 0 Å². The highest BCUT2D eigenvalue weighted by Crippen LogP contribution is 2.29. The number of nitrogens with two attached hydrogens (primary N) is 1. The Morgan fingerprint density at radius 3 is 1.92 bits per heavy atom. The van der Waals surface area contributed by atoms with E-state index in [0.717, 1.165) is 45.1 Å². The van der Waals surface area contributed by atoms with Crippen molar-refractivity contribution in [2.45, 2.75) is 84.3 Å². The van der Waals surface area contributed by atoms with Gasteiger partial charge in [-0.3, -0.25) is 9.59 Å². The summed E-state index contributed by atoms with van der Waals surface area (Å²) in [5.41, 5.74) is 5.03. The van der Waals surface area contributed by atoms with Crippen molar-refractivity contribution in [3.63, 3.8) is 0 Å². The minimum absolute atomic E-state index is 0. The molecule has 0 atom stereocenters. The molecular weight excluding hydrogens is 306 g/mol. The Kier molecular flexibility index (Phi) is 10.2. The molecule has 2 fully saturated rings. The first-order valence-corrected chi connectivity index (χ1v) is 9.49. The summed E-state index contributed by atoms with van der Waals surface area (Å²) in [5.74, 6) is 0.875. The molecule has 0 radical (unpaired) electrons. The molecule has 0 saturated heterocycles. The van der Waals surface area contributed by atoms with Crippen LogP contribution in [0.15, 0.2) is 0 Å². The zero-order chi connectivity index (χ0) is 17.9. The van der Waals surface area contributed by atoms with Gasteiger partial charge < -0.3 is 15.2 Å². The summed E-state index contributed by atoms with van der Waals surface area (Å²) in [7, 11) is 0. The zero-order valence-electron chi connectivity index (χ0n) is 15.6. The molecule has 2 aliphatic rings. The van der Waals surface area contributed by atoms with Crippen LogP contribution in [0.25, 0.3) is 0 Å². The van der Waals surface area contributed by atoms with Crippen LogP contribution in [0.3, 0.4) is 0 Å². The van der Waals surface area contributed by atoms with Crippen LogP contribution in [-0.4, -0.2) is 37.1 Å². The molecule has 0 aromatic carbocycles. The summed E-state index contributed by atoms with van der Waals surface area (Å²) >= 11 is 0. The van der Waals surface area contributed by atoms with Gasteiger partial charge in [-0.05, 0) is 45.4 Å². The largest absolute Gasteiger partial charge is 0.379 e. The second-order valence-corrected chi connectivity index (χ2v) is 7.13. The van der Waals surface area contributed by atoms with Crippen molar-refractivity contribution in [1.29, 1.82) is 0 Å². The summed E-state index contributed by atoms with van der Waals surface area (Å²) in [5, 5.41) is 0. The zero-order valence-corrected chi connectivity index (χ0v) is 15.6. The van der Waals surface area contributed by atoms with Crippen molar-refractivity contribution >= 4 is 11.7 Å². The predicted octanol–water partition coefficient (Wildman–Crippen LogP) is 3.48. The molecule has 0 unspecified atom stereocenters. The van der Waals surface area contributed by atoms with Gasteiger partial charge in [0.2, 0.25) is 5.91 Å². The molecule has 24 heavy (non-hydrogen) atoms. The molecule has 0 heterocycles. The van der Waals surface area contributed by atoms with E-state index in [1.165, 1.54) is 6.42 Å². The molecule has 1 amide bonds. The lowest BCUT2D eigenvalue weighted by Crippen LogP contribution is -2.27. The van der Waals surface area contributed by atoms with Gasteiger partial charge in [0.05, 0.1) is 18.8 Å². The molecule has 142 valence electrons. The predicted molar refractivity (Wildman–Crippen MR) is 96.7 cm³/mol. The first-order chi connectivity index (χ1) is 11.4. The average molecular weight is 344 g/mol. The molecule has 0 aliphatic heterocycles. The molecule has 2 rings (SSSR count). The van der Waals surface area contributed by atoms with E-state index in [9.17, 15) is 9.59 Å². The number of Topliss-reactive ketones (excluding diaryl/α,β-unsaturated/α-hetero) is 1. The highest BCUT2D eigenvalue weighted by molar-refractivity contribution is 5.83. The molecule has 0 bridgehead atoms. The topological polar surface area (TPSA) is 78.6 Å². The number of hydrogen-bond acceptors (Lipinski definition) is 4. The third-order valence-electron chi connectivity index (χ3n) is 4.80. The van der Waals surface area contributed by atoms with Crippen molar-refractivity contribution in [3.05, 3.63) is 0 Å². The number of ether oxygens (including phenoxy) is 2. The second-order valence-electron chi connectivity index (χ2n) is 7.13. The first kappa shape index (κ1) is 21.1. The quantitative estimate of drug-likeness (QED) is 0.732. The van der Waals surface area contributed by atoms with Gasteiger partial charge >= 0.3 is 0 Å². The highest BCUT2D eigenvalue weighted by atomic mass is 16.5. The second kappa shape index (κ2) is 11.6. The van der Waals surface area contributed by atoms with Crippen LogP contribution < -0.4 is 5.73 Å². The molecule has 2 N–H and O–H groups in total. The minimum atomic E-state index is -0.294. The van der Waals surface area contributed by atoms with E-state index in [1.54, 1.807) is 0 Å². The SMILES string of the molecule is CC(C)C(=O)C1CCC1.CCOC1CCC(OCCC(N)=O)CC1.[HH]. The Bertz CT molecular complexity index is 378. The fourth-order valence-corrected chi connectivity index (χ4v) is 3.09. The van der Waals surface area contributed by atoms with E-state index in [1.807, 2.05) is 20.8 Å². The minimum Gasteiger partial charge on any atom is -0.379 e. The number of rotatable bonds is 8. The van der Waals surface area contributed by atoms with Crippen LogP contribution >= 0.6 is 0 Å². The van der Waals surface area contributed by atoms with Gasteiger partial charge in [-0.2, -0.15) is 0 Å². The van der Waals surface area contributed by atoms with Crippen LogP contribution in [0.5, 0.6) is 0 Å². The van der Waals surface area contributed by atoms with E-state index >= 15 is 0 Å². The third-order valence-corrected chi connectivity index (χ3v) is 4.80. The Morgan fingerprint density at radius 2 is 1.58 bits per heavy atom. The Labute approximate surface area is 148 Å². The number of carbonyl (C=O) groups excluding carboxylic acids is 2. The van der Waals surface area contributed by atoms with Gasteiger partial charge in [-0.25, -0.2) is 0 Å². The molecule has 0 aromatic heterocycles. The summed E-state index contributed by atoms with van der Waals surface area (Å²) < 4.78 is 11.1. The highest BCUT2D eigenvalue weighted by Gasteiger charge is 2.26. The van der Waals surface area contributed by atoms with E-state index in [2.05, 4.69) is 0 Å². The van der Waals surface area contributed by atoms with Crippen LogP contribution in [-0.2, 0) is 19.1 Å². The summed E-state index contributed by atoms with van der Waals surface area (Å²) in [6.45, 7) is 7.24. The van der Waals surface area contributed by atoms with Crippen LogP contribution in [0, 0.1) is 11.8 Å². The normalized spacial score (nSPS) is 24.0. The lowest BCUT2D eigenvalue weighted by Gasteiger charge is -2.28. The summed E-state index contributed by atoms with van der Waals surface area (Å²) in [6.07, 6.45) is 8.78. The maximum absolute atomic E-state index is 11.1. The summed E-state index contributed by atoms with van der Waals surface area (Å²) in [6, 6.07) is 0. The molecular formula is C19H37NO4. The lowest BCUT2D eigenvalue weighted by atomic mass is 9.79. The Morgan fingerprint density at radius 1 is 1.04 bits per heavy atom. The van der Waals surface area contributed by atoms with E-state index in [-0.39, 0.29) is 13.3 Å². The van der Waals surface area contributed by atoms with Crippen molar-refractivity contribution in [2.24, 2.45) is 17.6 Å². The van der Waals surface area contributed by atoms with E-state index in [4.69, 9.17) is 15.2 Å². The van der Waals surface area contributed by atoms with Crippen LogP contribution in [0.1, 0.15) is 73.6 Å². The maximum Gasteiger partial charge on any atom is 0.219 e. The first-order valence-electron chi connectivity index (χ1n) is 9.49. The van der Waals surface area contributed by atoms with E-state index < -0.39 is 0 Å². The van der Waals surface area contributed by atoms with Gasteiger partial charge in [0, 0.05) is 26.3 Å². The van der Waals surface area contributed by atoms with Crippen molar-refractivity contribution in [2.75, 3.05) is 13.2 Å². The third kappa shape index (κ3) is 8.25. The van der Waals surface area contributed by atoms with Gasteiger partial charge in [0.1, 0.15) is 5.78 Å². The smallest absolute Gasteiger partial charge is 0.219 e. The molecule has 0 spiro atoms. The number of amides is 1. The number of ketones is 1. The number of primary amides is 1. The molecule has 5 heteroatoms. The number of carbonyl (C=O) groups is 2. The molecule has 2 aliphatic carbocycles. The number of hydrogen-bond donors (Lipinski definition) is 1. The van der Waals surface area contributed by atoms with Gasteiger partial charge in [-0.15, -0.1) is 0 Å². The lowest BCUT2D eigenvalue weighted by molar-refractivity contribution is -0.128. The molecule has 5 nitrogen and oxygen atoms in total.